The van der Waals surface area contributed by atoms with E-state index in [0.29, 0.717) is 18.4 Å². The summed E-state index contributed by atoms with van der Waals surface area (Å²) in [6, 6.07) is 16.9. The number of likely N-dealkylation sites (tertiary alicyclic amines) is 1. The van der Waals surface area contributed by atoms with E-state index in [4.69, 9.17) is 4.74 Å². The zero-order chi connectivity index (χ0) is 19.9. The van der Waals surface area contributed by atoms with Crippen LogP contribution >= 0.6 is 0 Å². The summed E-state index contributed by atoms with van der Waals surface area (Å²) >= 11 is 0. The van der Waals surface area contributed by atoms with Gasteiger partial charge in [-0.1, -0.05) is 63.2 Å². The van der Waals surface area contributed by atoms with Gasteiger partial charge in [0.2, 0.25) is 0 Å². The fourth-order valence-corrected chi connectivity index (χ4v) is 5.45. The fraction of sp³-hybridized carbons (Fsp3) is 0.520. The van der Waals surface area contributed by atoms with Gasteiger partial charge in [0.1, 0.15) is 5.75 Å². The third kappa shape index (κ3) is 3.15. The van der Waals surface area contributed by atoms with E-state index >= 15 is 0 Å². The second-order valence-corrected chi connectivity index (χ2v) is 9.43. The lowest BCUT2D eigenvalue weighted by Crippen LogP contribution is -2.64. The highest BCUT2D eigenvalue weighted by Gasteiger charge is 2.56. The zero-order valence-electron chi connectivity index (χ0n) is 17.6. The maximum Gasteiger partial charge on any atom is 0.119 e. The molecule has 1 saturated heterocycles. The monoisotopic (exact) mass is 379 g/mol. The Bertz CT molecular complexity index is 832. The molecule has 28 heavy (non-hydrogen) atoms. The number of nitrogens with zero attached hydrogens (tertiary/aromatic N) is 1. The van der Waals surface area contributed by atoms with Gasteiger partial charge in [0.25, 0.3) is 0 Å². The molecule has 2 aliphatic rings. The van der Waals surface area contributed by atoms with Crippen molar-refractivity contribution < 1.29 is 9.84 Å². The summed E-state index contributed by atoms with van der Waals surface area (Å²) in [6.45, 7) is 12.1. The van der Waals surface area contributed by atoms with E-state index in [1.165, 1.54) is 11.1 Å². The van der Waals surface area contributed by atoms with Crippen LogP contribution in [0.5, 0.6) is 5.75 Å². The van der Waals surface area contributed by atoms with Crippen LogP contribution in [0.1, 0.15) is 50.8 Å². The first kappa shape index (κ1) is 19.5. The minimum absolute atomic E-state index is 0.0919. The van der Waals surface area contributed by atoms with Crippen LogP contribution in [0.25, 0.3) is 0 Å². The molecule has 150 valence electrons. The first-order valence-electron chi connectivity index (χ1n) is 10.5. The Morgan fingerprint density at radius 3 is 2.61 bits per heavy atom. The molecule has 1 aliphatic carbocycles. The molecular weight excluding hydrogens is 346 g/mol. The van der Waals surface area contributed by atoms with Gasteiger partial charge in [0.05, 0.1) is 12.7 Å². The van der Waals surface area contributed by atoms with Crippen LogP contribution in [0.15, 0.2) is 48.5 Å². The average molecular weight is 380 g/mol. The molecule has 1 fully saturated rings. The summed E-state index contributed by atoms with van der Waals surface area (Å²) in [5.74, 6) is 0.458. The largest absolute Gasteiger partial charge is 0.508 e. The maximum atomic E-state index is 10.5. The van der Waals surface area contributed by atoms with E-state index in [-0.39, 0.29) is 16.9 Å². The van der Waals surface area contributed by atoms with E-state index in [9.17, 15) is 5.11 Å². The Morgan fingerprint density at radius 1 is 1.11 bits per heavy atom. The molecule has 1 aliphatic heterocycles. The van der Waals surface area contributed by atoms with Crippen LogP contribution in [0.2, 0.25) is 0 Å². The van der Waals surface area contributed by atoms with Gasteiger partial charge in [0.15, 0.2) is 0 Å². The molecule has 2 bridgehead atoms. The number of hydrogen-bond acceptors (Lipinski definition) is 3. The number of fused-ring (bicyclic) bond motifs is 4. The molecule has 2 aromatic rings. The van der Waals surface area contributed by atoms with Gasteiger partial charge >= 0.3 is 0 Å². The number of aromatic hydroxyl groups is 1. The van der Waals surface area contributed by atoms with Gasteiger partial charge < -0.3 is 9.84 Å². The fourth-order valence-electron chi connectivity index (χ4n) is 5.45. The van der Waals surface area contributed by atoms with Gasteiger partial charge in [-0.05, 0) is 54.5 Å². The molecule has 3 nitrogen and oxygen atoms in total. The molecule has 0 unspecified atom stereocenters. The molecule has 0 saturated carbocycles. The van der Waals surface area contributed by atoms with Crippen LogP contribution in [0, 0.1) is 5.41 Å². The molecule has 0 amide bonds. The second-order valence-electron chi connectivity index (χ2n) is 9.43. The summed E-state index contributed by atoms with van der Waals surface area (Å²) < 4.78 is 6.16. The Balaban J connectivity index is 1.51. The number of hydrogen-bond donors (Lipinski definition) is 1. The van der Waals surface area contributed by atoms with E-state index in [0.717, 1.165) is 31.5 Å². The van der Waals surface area contributed by atoms with Crippen LogP contribution in [-0.2, 0) is 23.2 Å². The highest BCUT2D eigenvalue weighted by molar-refractivity contribution is 5.48. The lowest BCUT2D eigenvalue weighted by Gasteiger charge is -2.61. The van der Waals surface area contributed by atoms with Crippen LogP contribution in [-0.4, -0.2) is 35.2 Å². The molecule has 0 radical (unpaired) electrons. The SMILES string of the molecule is C[C@H](CN1CC[C@]2(C)c3cccc(O)c3C[C@H]1C2(C)C)OCc1ccccc1. The quantitative estimate of drug-likeness (QED) is 0.801. The predicted molar refractivity (Wildman–Crippen MR) is 114 cm³/mol. The summed E-state index contributed by atoms with van der Waals surface area (Å²) in [5.41, 5.74) is 3.95. The van der Waals surface area contributed by atoms with Crippen molar-refractivity contribution in [1.82, 2.24) is 4.90 Å². The minimum atomic E-state index is 0.0919. The summed E-state index contributed by atoms with van der Waals surface area (Å²) in [4.78, 5) is 2.60. The topological polar surface area (TPSA) is 32.7 Å². The highest BCUT2D eigenvalue weighted by Crippen LogP contribution is 2.57. The molecule has 3 heteroatoms. The molecule has 1 heterocycles. The first-order valence-corrected chi connectivity index (χ1v) is 10.5. The lowest BCUT2D eigenvalue weighted by atomic mass is 9.51. The Labute approximate surface area is 169 Å². The smallest absolute Gasteiger partial charge is 0.119 e. The van der Waals surface area contributed by atoms with Crippen molar-refractivity contribution in [3.05, 3.63) is 65.2 Å². The summed E-state index contributed by atoms with van der Waals surface area (Å²) in [5, 5.41) is 10.5. The van der Waals surface area contributed by atoms with Gasteiger partial charge in [-0.3, -0.25) is 4.90 Å². The van der Waals surface area contributed by atoms with Gasteiger partial charge in [0, 0.05) is 18.0 Å². The van der Waals surface area contributed by atoms with Crippen LogP contribution in [0.4, 0.5) is 0 Å². The minimum Gasteiger partial charge on any atom is -0.508 e. The molecular formula is C25H33NO2. The number of phenolic OH excluding ortho intramolecular Hbond substituents is 1. The Hall–Kier alpha value is -1.84. The van der Waals surface area contributed by atoms with Gasteiger partial charge in [-0.2, -0.15) is 0 Å². The highest BCUT2D eigenvalue weighted by atomic mass is 16.5. The van der Waals surface area contributed by atoms with Crippen LogP contribution in [0.3, 0.4) is 0 Å². The molecule has 0 spiro atoms. The van der Waals surface area contributed by atoms with Crippen molar-refractivity contribution in [3.8, 4) is 5.75 Å². The van der Waals surface area contributed by atoms with E-state index in [2.05, 4.69) is 62.9 Å². The van der Waals surface area contributed by atoms with Crippen LogP contribution < -0.4 is 0 Å². The Morgan fingerprint density at radius 2 is 1.86 bits per heavy atom. The lowest BCUT2D eigenvalue weighted by molar-refractivity contribution is -0.0651. The van der Waals surface area contributed by atoms with Crippen molar-refractivity contribution in [1.29, 1.82) is 0 Å². The van der Waals surface area contributed by atoms with E-state index in [1.54, 1.807) is 0 Å². The number of benzene rings is 2. The van der Waals surface area contributed by atoms with E-state index < -0.39 is 0 Å². The number of phenols is 1. The standard InChI is InChI=1S/C25H33NO2/c1-18(28-17-19-9-6-5-7-10-19)16-26-14-13-25(4)21-11-8-12-22(27)20(21)15-23(26)24(25,2)3/h5-12,18,23,27H,13-17H2,1-4H3/t18-,23+,25-/m1/s1. The zero-order valence-corrected chi connectivity index (χ0v) is 17.6. The van der Waals surface area contributed by atoms with Crippen molar-refractivity contribution in [3.63, 3.8) is 0 Å². The first-order chi connectivity index (χ1) is 13.3. The van der Waals surface area contributed by atoms with Crippen molar-refractivity contribution in [2.75, 3.05) is 13.1 Å². The summed E-state index contributed by atoms with van der Waals surface area (Å²) in [7, 11) is 0. The van der Waals surface area contributed by atoms with Crippen molar-refractivity contribution in [2.45, 2.75) is 64.7 Å². The molecule has 4 rings (SSSR count). The number of rotatable bonds is 5. The third-order valence-corrected chi connectivity index (χ3v) is 7.61. The number of ether oxygens (including phenoxy) is 1. The normalized spacial score (nSPS) is 27.2. The summed E-state index contributed by atoms with van der Waals surface area (Å²) in [6.07, 6.45) is 2.19. The van der Waals surface area contributed by atoms with Crippen molar-refractivity contribution >= 4 is 0 Å². The van der Waals surface area contributed by atoms with E-state index in [1.807, 2.05) is 18.2 Å². The third-order valence-electron chi connectivity index (χ3n) is 7.61. The molecule has 1 N–H and O–H groups in total. The maximum absolute atomic E-state index is 10.5. The van der Waals surface area contributed by atoms with Crippen molar-refractivity contribution in [2.24, 2.45) is 5.41 Å². The second kappa shape index (κ2) is 7.20. The molecule has 2 aromatic carbocycles. The van der Waals surface area contributed by atoms with Gasteiger partial charge in [-0.15, -0.1) is 0 Å². The molecule has 3 atom stereocenters. The average Bonchev–Trinajstić information content (AvgIpc) is 2.67. The Kier molecular flexibility index (Phi) is 5.01. The molecule has 0 aromatic heterocycles. The predicted octanol–water partition coefficient (Wildman–Crippen LogP) is 4.91. The number of piperidine rings is 1. The van der Waals surface area contributed by atoms with Gasteiger partial charge in [-0.25, -0.2) is 0 Å².